The van der Waals surface area contributed by atoms with Gasteiger partial charge in [0.1, 0.15) is 16.9 Å². The quantitative estimate of drug-likeness (QED) is 0.0791. The van der Waals surface area contributed by atoms with Crippen molar-refractivity contribution in [2.75, 3.05) is 40.8 Å². The maximum atomic E-state index is 13.1. The zero-order chi connectivity index (χ0) is 36.1. The second-order valence-corrected chi connectivity index (χ2v) is 15.8. The normalized spacial score (nSPS) is 14.8. The van der Waals surface area contributed by atoms with Crippen LogP contribution in [0.3, 0.4) is 0 Å². The Labute approximate surface area is 288 Å². The van der Waals surface area contributed by atoms with Crippen LogP contribution in [0, 0.1) is 5.92 Å². The lowest BCUT2D eigenvalue weighted by Gasteiger charge is -2.29. The van der Waals surface area contributed by atoms with E-state index in [-0.39, 0.29) is 48.4 Å². The predicted molar refractivity (Wildman–Crippen MR) is 189 cm³/mol. The Morgan fingerprint density at radius 2 is 1.69 bits per heavy atom. The monoisotopic (exact) mass is 674 g/mol. The van der Waals surface area contributed by atoms with Gasteiger partial charge in [-0.25, -0.2) is 9.80 Å². The summed E-state index contributed by atoms with van der Waals surface area (Å²) < 4.78 is 6.09. The molecule has 11 nitrogen and oxygen atoms in total. The number of ether oxygens (including phenoxy) is 1. The highest BCUT2D eigenvalue weighted by molar-refractivity contribution is 5.93. The van der Waals surface area contributed by atoms with Crippen LogP contribution in [0.4, 0.5) is 0 Å². The summed E-state index contributed by atoms with van der Waals surface area (Å²) in [5, 5.41) is 14.7. The van der Waals surface area contributed by atoms with Crippen molar-refractivity contribution in [1.29, 1.82) is 0 Å². The van der Waals surface area contributed by atoms with Crippen LogP contribution < -0.4 is 16.5 Å². The summed E-state index contributed by atoms with van der Waals surface area (Å²) in [6, 6.07) is 2.11. The molecule has 1 atom stereocenters. The summed E-state index contributed by atoms with van der Waals surface area (Å²) in [6.07, 6.45) is 11.4. The number of hydrogen-bond donors (Lipinski definition) is 4. The topological polar surface area (TPSA) is 151 Å². The molecule has 0 spiro atoms. The number of nitrogens with one attached hydrogen (secondary N) is 2. The van der Waals surface area contributed by atoms with E-state index in [2.05, 4.69) is 10.7 Å². The number of rotatable bonds is 17. The highest BCUT2D eigenvalue weighted by Crippen LogP contribution is 2.30. The Hall–Kier alpha value is -3.18. The SMILES string of the molecule is CC(C)c1cc(O)c(C(=O)OC(C)(C)C)cc1CC(N)C(=O)NCCC(=O)NN(CC[N+](C)(C)C)C(=O)CCCCCC1CCCCC1. The molecule has 11 heteroatoms. The first-order valence-corrected chi connectivity index (χ1v) is 17.9. The number of likely N-dealkylation sites (N-methyl/N-ethyl adjacent to an activating group) is 1. The van der Waals surface area contributed by atoms with E-state index < -0.39 is 23.5 Å². The molecule has 0 aliphatic heterocycles. The molecule has 1 aliphatic carbocycles. The van der Waals surface area contributed by atoms with Crippen LogP contribution in [-0.4, -0.2) is 90.7 Å². The van der Waals surface area contributed by atoms with E-state index in [4.69, 9.17) is 10.5 Å². The van der Waals surface area contributed by atoms with Gasteiger partial charge in [-0.05, 0) is 68.7 Å². The summed E-state index contributed by atoms with van der Waals surface area (Å²) in [5.41, 5.74) is 9.73. The lowest BCUT2D eigenvalue weighted by Crippen LogP contribution is -2.52. The second-order valence-electron chi connectivity index (χ2n) is 15.8. The largest absolute Gasteiger partial charge is 0.507 e. The molecule has 48 heavy (non-hydrogen) atoms. The zero-order valence-electron chi connectivity index (χ0n) is 31.0. The molecule has 2 rings (SSSR count). The summed E-state index contributed by atoms with van der Waals surface area (Å²) in [6.45, 7) is 10.2. The fraction of sp³-hybridized carbons (Fsp3) is 0.730. The fourth-order valence-corrected chi connectivity index (χ4v) is 5.97. The molecular formula is C37H64N5O6+. The lowest BCUT2D eigenvalue weighted by molar-refractivity contribution is -0.869. The summed E-state index contributed by atoms with van der Waals surface area (Å²) in [5.74, 6) is -0.919. The van der Waals surface area contributed by atoms with Crippen molar-refractivity contribution in [2.45, 2.75) is 129 Å². The lowest BCUT2D eigenvalue weighted by atomic mass is 9.85. The Bertz CT molecular complexity index is 1210. The molecule has 1 fully saturated rings. The van der Waals surface area contributed by atoms with Gasteiger partial charge < -0.3 is 25.4 Å². The fourth-order valence-electron chi connectivity index (χ4n) is 5.97. The van der Waals surface area contributed by atoms with Crippen molar-refractivity contribution in [3.05, 3.63) is 28.8 Å². The number of phenolic OH excluding ortho intramolecular Hbond substituents is 1. The van der Waals surface area contributed by atoms with Gasteiger partial charge in [0.25, 0.3) is 0 Å². The van der Waals surface area contributed by atoms with E-state index >= 15 is 0 Å². The van der Waals surface area contributed by atoms with Crippen LogP contribution >= 0.6 is 0 Å². The van der Waals surface area contributed by atoms with Gasteiger partial charge in [0.2, 0.25) is 17.7 Å². The number of benzene rings is 1. The molecule has 0 aromatic heterocycles. The van der Waals surface area contributed by atoms with E-state index in [0.29, 0.717) is 29.6 Å². The molecule has 272 valence electrons. The van der Waals surface area contributed by atoms with E-state index in [1.807, 2.05) is 35.0 Å². The molecular weight excluding hydrogens is 610 g/mol. The third-order valence-corrected chi connectivity index (χ3v) is 8.71. The molecule has 0 saturated heterocycles. The smallest absolute Gasteiger partial charge is 0.342 e. The van der Waals surface area contributed by atoms with E-state index in [0.717, 1.165) is 30.7 Å². The van der Waals surface area contributed by atoms with Crippen LogP contribution in [0.1, 0.15) is 133 Å². The summed E-state index contributed by atoms with van der Waals surface area (Å²) in [7, 11) is 6.11. The van der Waals surface area contributed by atoms with Crippen LogP contribution in [0.25, 0.3) is 0 Å². The molecule has 1 aromatic rings. The third-order valence-electron chi connectivity index (χ3n) is 8.71. The Morgan fingerprint density at radius 3 is 2.29 bits per heavy atom. The van der Waals surface area contributed by atoms with Crippen molar-refractivity contribution in [2.24, 2.45) is 11.7 Å². The van der Waals surface area contributed by atoms with Gasteiger partial charge in [-0.15, -0.1) is 0 Å². The van der Waals surface area contributed by atoms with Crippen LogP contribution in [0.2, 0.25) is 0 Å². The first-order valence-electron chi connectivity index (χ1n) is 17.9. The molecule has 1 saturated carbocycles. The Morgan fingerprint density at radius 1 is 1.02 bits per heavy atom. The minimum absolute atomic E-state index is 0.00170. The maximum Gasteiger partial charge on any atom is 0.342 e. The molecule has 1 unspecified atom stereocenters. The Balaban J connectivity index is 1.91. The van der Waals surface area contributed by atoms with Gasteiger partial charge in [-0.3, -0.25) is 19.8 Å². The van der Waals surface area contributed by atoms with Crippen molar-refractivity contribution < 1.29 is 33.5 Å². The van der Waals surface area contributed by atoms with Gasteiger partial charge in [0.15, 0.2) is 0 Å². The van der Waals surface area contributed by atoms with Gasteiger partial charge in [-0.1, -0.05) is 65.2 Å². The molecule has 1 aliphatic rings. The number of hydrazine groups is 1. The first-order chi connectivity index (χ1) is 22.4. The van der Waals surface area contributed by atoms with Gasteiger partial charge in [0.05, 0.1) is 40.3 Å². The number of aromatic hydroxyl groups is 1. The number of quaternary nitrogens is 1. The predicted octanol–water partition coefficient (Wildman–Crippen LogP) is 4.94. The number of esters is 1. The number of amides is 3. The average molecular weight is 675 g/mol. The molecule has 0 radical (unpaired) electrons. The van der Waals surface area contributed by atoms with Gasteiger partial charge in [-0.2, -0.15) is 0 Å². The van der Waals surface area contributed by atoms with Crippen molar-refractivity contribution in [3.8, 4) is 5.75 Å². The first kappa shape index (κ1) is 41.0. The second kappa shape index (κ2) is 19.1. The highest BCUT2D eigenvalue weighted by Gasteiger charge is 2.25. The molecule has 5 N–H and O–H groups in total. The summed E-state index contributed by atoms with van der Waals surface area (Å²) in [4.78, 5) is 51.6. The average Bonchev–Trinajstić information content (AvgIpc) is 2.98. The minimum atomic E-state index is -0.956. The van der Waals surface area contributed by atoms with Crippen LogP contribution in [0.5, 0.6) is 5.75 Å². The molecule has 3 amide bonds. The molecule has 0 bridgehead atoms. The number of hydrogen-bond acceptors (Lipinski definition) is 7. The zero-order valence-corrected chi connectivity index (χ0v) is 31.0. The number of nitrogens with two attached hydrogens (primary N) is 1. The minimum Gasteiger partial charge on any atom is -0.507 e. The number of phenols is 1. The van der Waals surface area contributed by atoms with Crippen molar-refractivity contribution in [3.63, 3.8) is 0 Å². The van der Waals surface area contributed by atoms with E-state index in [9.17, 15) is 24.3 Å². The highest BCUT2D eigenvalue weighted by atomic mass is 16.6. The third kappa shape index (κ3) is 15.4. The molecule has 0 heterocycles. The van der Waals surface area contributed by atoms with Crippen LogP contribution in [-0.2, 0) is 25.5 Å². The molecule has 1 aromatic carbocycles. The Kier molecular flexibility index (Phi) is 16.3. The van der Waals surface area contributed by atoms with Gasteiger partial charge >= 0.3 is 5.97 Å². The van der Waals surface area contributed by atoms with Crippen molar-refractivity contribution >= 4 is 23.7 Å². The standard InChI is InChI=1S/C37H63N5O6/c1-26(2)29-25-32(43)30(36(47)48-37(3,4)5)23-28(29)24-31(38)35(46)39-20-19-33(44)40-41(21-22-42(6,7)8)34(45)18-14-10-13-17-27-15-11-9-12-16-27/h23,25-27,31H,9-22,24,38H2,1-8H3,(H2-,39,40,43,44,46,47)/p+1. The van der Waals surface area contributed by atoms with Crippen molar-refractivity contribution in [1.82, 2.24) is 15.8 Å². The van der Waals surface area contributed by atoms with E-state index in [1.165, 1.54) is 55.7 Å². The number of unbranched alkanes of at least 4 members (excludes halogenated alkanes) is 2. The number of carbonyl (C=O) groups is 4. The maximum absolute atomic E-state index is 13.1. The number of carbonyl (C=O) groups excluding carboxylic acids is 4. The number of nitrogens with zero attached hydrogens (tertiary/aromatic N) is 2. The van der Waals surface area contributed by atoms with Gasteiger partial charge in [0, 0.05) is 19.4 Å². The van der Waals surface area contributed by atoms with E-state index in [1.54, 1.807) is 20.8 Å². The summed E-state index contributed by atoms with van der Waals surface area (Å²) >= 11 is 0. The van der Waals surface area contributed by atoms with Crippen LogP contribution in [0.15, 0.2) is 12.1 Å².